The van der Waals surface area contributed by atoms with Crippen LogP contribution < -0.4 is 0 Å². The molecule has 122 valence electrons. The van der Waals surface area contributed by atoms with Gasteiger partial charge in [0.1, 0.15) is 5.82 Å². The average molecular weight is 326 g/mol. The van der Waals surface area contributed by atoms with Crippen LogP contribution in [0.1, 0.15) is 24.0 Å². The summed E-state index contributed by atoms with van der Waals surface area (Å²) in [6.07, 6.45) is 1.97. The molecule has 0 saturated carbocycles. The number of halogens is 1. The molecule has 1 aromatic carbocycles. The van der Waals surface area contributed by atoms with Crippen molar-refractivity contribution in [3.05, 3.63) is 35.1 Å². The monoisotopic (exact) mass is 326 g/mol. The quantitative estimate of drug-likeness (QED) is 0.853. The van der Waals surface area contributed by atoms with E-state index in [4.69, 9.17) is 0 Å². The molecule has 2 aliphatic heterocycles. The molecule has 0 amide bonds. The molecule has 0 aromatic heterocycles. The number of piperidine rings is 1. The molecule has 0 N–H and O–H groups in total. The van der Waals surface area contributed by atoms with Gasteiger partial charge >= 0.3 is 0 Å². The summed E-state index contributed by atoms with van der Waals surface area (Å²) in [6.45, 7) is 4.17. The Morgan fingerprint density at radius 2 is 2.00 bits per heavy atom. The fourth-order valence-corrected chi connectivity index (χ4v) is 5.48. The Balaban J connectivity index is 1.80. The van der Waals surface area contributed by atoms with Gasteiger partial charge in [-0.3, -0.25) is 0 Å². The average Bonchev–Trinajstić information content (AvgIpc) is 2.85. The van der Waals surface area contributed by atoms with Crippen LogP contribution in [0.5, 0.6) is 0 Å². The first-order chi connectivity index (χ1) is 10.4. The fraction of sp³-hybridized carbons (Fsp3) is 0.625. The van der Waals surface area contributed by atoms with E-state index in [1.807, 2.05) is 7.05 Å². The molecule has 2 unspecified atom stereocenters. The zero-order valence-electron chi connectivity index (χ0n) is 13.1. The maximum absolute atomic E-state index is 14.0. The summed E-state index contributed by atoms with van der Waals surface area (Å²) in [7, 11) is -1.45. The third-order valence-electron chi connectivity index (χ3n) is 4.92. The number of benzene rings is 1. The Morgan fingerprint density at radius 1 is 1.27 bits per heavy atom. The third-order valence-corrected chi connectivity index (χ3v) is 6.76. The molecule has 4 nitrogen and oxygen atoms in total. The van der Waals surface area contributed by atoms with Gasteiger partial charge < -0.3 is 4.90 Å². The molecule has 0 radical (unpaired) electrons. The van der Waals surface area contributed by atoms with Crippen LogP contribution in [0.4, 0.5) is 4.39 Å². The molecule has 2 fully saturated rings. The Kier molecular flexibility index (Phi) is 4.27. The molecule has 1 aromatic rings. The van der Waals surface area contributed by atoms with Crippen LogP contribution in [0.15, 0.2) is 18.2 Å². The van der Waals surface area contributed by atoms with Crippen LogP contribution in [0, 0.1) is 18.7 Å². The van der Waals surface area contributed by atoms with Gasteiger partial charge in [-0.1, -0.05) is 12.1 Å². The van der Waals surface area contributed by atoms with E-state index in [0.717, 1.165) is 31.5 Å². The van der Waals surface area contributed by atoms with Crippen LogP contribution in [0.2, 0.25) is 0 Å². The number of hydrogen-bond donors (Lipinski definition) is 0. The maximum atomic E-state index is 14.0. The summed E-state index contributed by atoms with van der Waals surface area (Å²) in [4.78, 5) is 2.18. The first-order valence-corrected chi connectivity index (χ1v) is 9.41. The van der Waals surface area contributed by atoms with Crippen molar-refractivity contribution in [2.24, 2.45) is 5.92 Å². The second-order valence-corrected chi connectivity index (χ2v) is 8.55. The number of hydrogen-bond acceptors (Lipinski definition) is 3. The van der Waals surface area contributed by atoms with Crippen LogP contribution in [-0.2, 0) is 15.8 Å². The van der Waals surface area contributed by atoms with Crippen molar-refractivity contribution in [2.45, 2.75) is 31.6 Å². The zero-order chi connectivity index (χ0) is 15.9. The Bertz CT molecular complexity index is 662. The van der Waals surface area contributed by atoms with Crippen molar-refractivity contribution in [3.63, 3.8) is 0 Å². The number of nitrogens with zero attached hydrogens (tertiary/aromatic N) is 2. The lowest BCUT2D eigenvalue weighted by Crippen LogP contribution is -2.48. The van der Waals surface area contributed by atoms with E-state index in [1.54, 1.807) is 23.4 Å². The smallest absolute Gasteiger partial charge is 0.218 e. The van der Waals surface area contributed by atoms with Crippen molar-refractivity contribution in [3.8, 4) is 0 Å². The minimum absolute atomic E-state index is 0.0530. The molecule has 2 saturated heterocycles. The maximum Gasteiger partial charge on any atom is 0.218 e. The van der Waals surface area contributed by atoms with Crippen molar-refractivity contribution < 1.29 is 12.8 Å². The fourth-order valence-electron chi connectivity index (χ4n) is 3.65. The number of likely N-dealkylation sites (tertiary alicyclic amines) is 1. The predicted octanol–water partition coefficient (Wildman–Crippen LogP) is 1.99. The van der Waals surface area contributed by atoms with E-state index in [-0.39, 0.29) is 17.4 Å². The predicted molar refractivity (Wildman–Crippen MR) is 84.5 cm³/mol. The van der Waals surface area contributed by atoms with Crippen LogP contribution >= 0.6 is 0 Å². The van der Waals surface area contributed by atoms with Crippen LogP contribution in [0.25, 0.3) is 0 Å². The highest BCUT2D eigenvalue weighted by Crippen LogP contribution is 2.34. The number of fused-ring (bicyclic) bond motifs is 1. The van der Waals surface area contributed by atoms with Gasteiger partial charge in [0.15, 0.2) is 0 Å². The van der Waals surface area contributed by atoms with Crippen molar-refractivity contribution >= 4 is 10.0 Å². The van der Waals surface area contributed by atoms with Crippen molar-refractivity contribution in [1.29, 1.82) is 0 Å². The third kappa shape index (κ3) is 3.05. The summed E-state index contributed by atoms with van der Waals surface area (Å²) in [5.41, 5.74) is 1.06. The standard InChI is InChI=1S/C16H23FN2O2S/c1-12-3-4-14(15(17)9-12)11-22(20,21)19-8-6-13-5-7-18(2)10-16(13)19/h3-4,9,13,16H,5-8,10-11H2,1-2H3. The lowest BCUT2D eigenvalue weighted by Gasteiger charge is -2.36. The minimum atomic E-state index is -3.48. The van der Waals surface area contributed by atoms with E-state index >= 15 is 0 Å². The van der Waals surface area contributed by atoms with Gasteiger partial charge in [-0.05, 0) is 50.9 Å². The van der Waals surface area contributed by atoms with E-state index < -0.39 is 15.8 Å². The molecule has 0 bridgehead atoms. The summed E-state index contributed by atoms with van der Waals surface area (Å²) >= 11 is 0. The molecular weight excluding hydrogens is 303 g/mol. The van der Waals surface area contributed by atoms with Crippen LogP contribution in [0.3, 0.4) is 0 Å². The van der Waals surface area contributed by atoms with Gasteiger partial charge in [0.25, 0.3) is 0 Å². The van der Waals surface area contributed by atoms with E-state index in [0.29, 0.717) is 12.5 Å². The van der Waals surface area contributed by atoms with E-state index in [9.17, 15) is 12.8 Å². The lowest BCUT2D eigenvalue weighted by atomic mass is 9.93. The largest absolute Gasteiger partial charge is 0.305 e. The molecule has 0 aliphatic carbocycles. The number of likely N-dealkylation sites (N-methyl/N-ethyl adjacent to an activating group) is 1. The van der Waals surface area contributed by atoms with E-state index in [2.05, 4.69) is 4.90 Å². The highest BCUT2D eigenvalue weighted by atomic mass is 32.2. The van der Waals surface area contributed by atoms with Gasteiger partial charge in [-0.25, -0.2) is 12.8 Å². The second-order valence-electron chi connectivity index (χ2n) is 6.63. The van der Waals surface area contributed by atoms with Gasteiger partial charge in [0.2, 0.25) is 10.0 Å². The van der Waals surface area contributed by atoms with Gasteiger partial charge in [-0.15, -0.1) is 0 Å². The highest BCUT2D eigenvalue weighted by molar-refractivity contribution is 7.88. The molecule has 2 aliphatic rings. The molecule has 6 heteroatoms. The Hall–Kier alpha value is -0.980. The van der Waals surface area contributed by atoms with Gasteiger partial charge in [0.05, 0.1) is 5.75 Å². The molecular formula is C16H23FN2O2S. The number of sulfonamides is 1. The molecule has 0 spiro atoms. The van der Waals surface area contributed by atoms with Crippen molar-refractivity contribution in [1.82, 2.24) is 9.21 Å². The highest BCUT2D eigenvalue weighted by Gasteiger charge is 2.43. The lowest BCUT2D eigenvalue weighted by molar-refractivity contribution is 0.165. The zero-order valence-corrected chi connectivity index (χ0v) is 13.9. The van der Waals surface area contributed by atoms with Gasteiger partial charge in [-0.2, -0.15) is 4.31 Å². The SMILES string of the molecule is Cc1ccc(CS(=O)(=O)N2CCC3CCN(C)CC32)c(F)c1. The summed E-state index contributed by atoms with van der Waals surface area (Å²) in [6, 6.07) is 4.79. The summed E-state index contributed by atoms with van der Waals surface area (Å²) in [5.74, 6) is -0.222. The topological polar surface area (TPSA) is 40.6 Å². The summed E-state index contributed by atoms with van der Waals surface area (Å²) < 4.78 is 41.1. The Morgan fingerprint density at radius 3 is 2.73 bits per heavy atom. The number of rotatable bonds is 3. The normalized spacial score (nSPS) is 27.0. The Labute approximate surface area is 132 Å². The molecule has 2 atom stereocenters. The van der Waals surface area contributed by atoms with Gasteiger partial charge in [0, 0.05) is 24.7 Å². The van der Waals surface area contributed by atoms with E-state index in [1.165, 1.54) is 6.07 Å². The molecule has 3 rings (SSSR count). The summed E-state index contributed by atoms with van der Waals surface area (Å²) in [5, 5.41) is 0. The van der Waals surface area contributed by atoms with Crippen LogP contribution in [-0.4, -0.2) is 50.3 Å². The molecule has 2 heterocycles. The first-order valence-electron chi connectivity index (χ1n) is 7.80. The number of aryl methyl sites for hydroxylation is 1. The minimum Gasteiger partial charge on any atom is -0.305 e. The molecule has 22 heavy (non-hydrogen) atoms. The second kappa shape index (κ2) is 5.91. The first kappa shape index (κ1) is 15.9. The van der Waals surface area contributed by atoms with Crippen molar-refractivity contribution in [2.75, 3.05) is 26.7 Å².